The summed E-state index contributed by atoms with van der Waals surface area (Å²) >= 11 is 0. The Morgan fingerprint density at radius 2 is 0.960 bits per heavy atom. The quantitative estimate of drug-likeness (QED) is 0.192. The number of aromatic nitrogens is 1. The maximum Gasteiger partial charge on any atom is 0.159 e. The van der Waals surface area contributed by atoms with Crippen LogP contribution in [0, 0.1) is 0 Å². The fraction of sp³-hybridized carbons (Fsp3) is 0. The predicted octanol–water partition coefficient (Wildman–Crippen LogP) is 13.2. The van der Waals surface area contributed by atoms with Crippen molar-refractivity contribution in [3.8, 4) is 5.69 Å². The molecule has 0 amide bonds. The van der Waals surface area contributed by atoms with Crippen LogP contribution in [0.4, 0.5) is 17.1 Å². The lowest BCUT2D eigenvalue weighted by Gasteiger charge is -2.26. The Kier molecular flexibility index (Phi) is 5.63. The summed E-state index contributed by atoms with van der Waals surface area (Å²) in [6, 6.07) is 60.1. The van der Waals surface area contributed by atoms with E-state index in [9.17, 15) is 0 Å². The summed E-state index contributed by atoms with van der Waals surface area (Å²) in [6.07, 6.45) is 0. The molecule has 0 spiro atoms. The highest BCUT2D eigenvalue weighted by atomic mass is 16.3. The van der Waals surface area contributed by atoms with Gasteiger partial charge in [-0.3, -0.25) is 0 Å². The number of hydrogen-bond donors (Lipinski definition) is 0. The number of nitrogens with zero attached hydrogens (tertiary/aromatic N) is 2. The van der Waals surface area contributed by atoms with Gasteiger partial charge in [0.15, 0.2) is 5.58 Å². The topological polar surface area (TPSA) is 34.5 Å². The van der Waals surface area contributed by atoms with E-state index in [2.05, 4.69) is 155 Å². The number of anilines is 3. The molecule has 3 heterocycles. The molecule has 11 rings (SSSR count). The molecule has 3 aromatic heterocycles. The predicted molar refractivity (Wildman–Crippen MR) is 208 cm³/mol. The molecule has 0 radical (unpaired) electrons. The van der Waals surface area contributed by atoms with Crippen molar-refractivity contribution >= 4 is 93.5 Å². The van der Waals surface area contributed by atoms with Crippen LogP contribution in [0.15, 0.2) is 179 Å². The molecule has 4 nitrogen and oxygen atoms in total. The van der Waals surface area contributed by atoms with E-state index in [1.54, 1.807) is 0 Å². The zero-order valence-electron chi connectivity index (χ0n) is 26.9. The van der Waals surface area contributed by atoms with Gasteiger partial charge in [0.1, 0.15) is 16.7 Å². The summed E-state index contributed by atoms with van der Waals surface area (Å²) < 4.78 is 15.5. The average molecular weight is 641 g/mol. The van der Waals surface area contributed by atoms with E-state index in [1.165, 1.54) is 16.3 Å². The summed E-state index contributed by atoms with van der Waals surface area (Å²) in [7, 11) is 0. The Labute approximate surface area is 286 Å². The number of hydrogen-bond acceptors (Lipinski definition) is 3. The van der Waals surface area contributed by atoms with Gasteiger partial charge in [0, 0.05) is 54.8 Å². The first-order valence-corrected chi connectivity index (χ1v) is 16.9. The molecule has 4 heteroatoms. The van der Waals surface area contributed by atoms with Gasteiger partial charge in [0.05, 0.1) is 16.7 Å². The van der Waals surface area contributed by atoms with Crippen LogP contribution < -0.4 is 4.90 Å². The van der Waals surface area contributed by atoms with Crippen LogP contribution in [0.1, 0.15) is 0 Å². The number of benzene rings is 8. The molecular weight excluding hydrogens is 613 g/mol. The van der Waals surface area contributed by atoms with Crippen LogP contribution in [0.25, 0.3) is 82.1 Å². The third-order valence-electron chi connectivity index (χ3n) is 10.2. The van der Waals surface area contributed by atoms with E-state index in [0.29, 0.717) is 0 Å². The van der Waals surface area contributed by atoms with Gasteiger partial charge >= 0.3 is 0 Å². The molecule has 0 aliphatic rings. The van der Waals surface area contributed by atoms with Crippen LogP contribution in [0.3, 0.4) is 0 Å². The molecule has 0 aliphatic heterocycles. The average Bonchev–Trinajstić information content (AvgIpc) is 3.85. The second-order valence-electron chi connectivity index (χ2n) is 12.9. The van der Waals surface area contributed by atoms with E-state index in [1.807, 2.05) is 24.3 Å². The molecule has 0 aliphatic carbocycles. The van der Waals surface area contributed by atoms with Crippen molar-refractivity contribution in [3.63, 3.8) is 0 Å². The largest absolute Gasteiger partial charge is 0.455 e. The van der Waals surface area contributed by atoms with E-state index in [0.717, 1.165) is 82.9 Å². The third-order valence-corrected chi connectivity index (χ3v) is 10.2. The lowest BCUT2D eigenvalue weighted by molar-refractivity contribution is 0.669. The molecule has 50 heavy (non-hydrogen) atoms. The van der Waals surface area contributed by atoms with E-state index in [4.69, 9.17) is 8.83 Å². The standard InChI is InChI=1S/C46H28N2O2/c1-2-11-30(12-3-1)48-40-17-7-4-13-33(40)39-28-32(24-26-41(39)48)47(42-18-10-16-36-34-14-5-9-20-44(34)50-46(36)42)31-23-21-29-22-25-37-35-15-6-8-19-43(35)49-45(37)38(29)27-31/h1-28H. The maximum atomic E-state index is 6.66. The fourth-order valence-electron chi connectivity index (χ4n) is 7.92. The van der Waals surface area contributed by atoms with Crippen molar-refractivity contribution in [1.29, 1.82) is 0 Å². The van der Waals surface area contributed by atoms with Gasteiger partial charge in [0.25, 0.3) is 0 Å². The normalized spacial score (nSPS) is 12.0. The molecule has 234 valence electrons. The van der Waals surface area contributed by atoms with Gasteiger partial charge in [0.2, 0.25) is 0 Å². The highest BCUT2D eigenvalue weighted by molar-refractivity contribution is 6.17. The first-order chi connectivity index (χ1) is 24.8. The lowest BCUT2D eigenvalue weighted by atomic mass is 10.0. The molecule has 0 saturated heterocycles. The Morgan fingerprint density at radius 1 is 0.380 bits per heavy atom. The molecule has 0 saturated carbocycles. The maximum absolute atomic E-state index is 6.66. The van der Waals surface area contributed by atoms with Crippen molar-refractivity contribution in [2.75, 3.05) is 4.90 Å². The summed E-state index contributed by atoms with van der Waals surface area (Å²) in [4.78, 5) is 2.33. The minimum Gasteiger partial charge on any atom is -0.455 e. The molecule has 11 aromatic rings. The van der Waals surface area contributed by atoms with Gasteiger partial charge in [-0.2, -0.15) is 0 Å². The molecule has 0 bridgehead atoms. The second-order valence-corrected chi connectivity index (χ2v) is 12.9. The number of para-hydroxylation sites is 5. The summed E-state index contributed by atoms with van der Waals surface area (Å²) in [5.74, 6) is 0. The van der Waals surface area contributed by atoms with Crippen molar-refractivity contribution in [3.05, 3.63) is 170 Å². The SMILES string of the molecule is c1ccc(-n2c3ccccc3c3cc(N(c4ccc5ccc6c7ccccc7oc6c5c4)c4cccc5c4oc4ccccc45)ccc32)cc1. The van der Waals surface area contributed by atoms with Gasteiger partial charge in [-0.25, -0.2) is 0 Å². The van der Waals surface area contributed by atoms with Crippen molar-refractivity contribution in [2.24, 2.45) is 0 Å². The monoisotopic (exact) mass is 640 g/mol. The number of rotatable bonds is 4. The highest BCUT2D eigenvalue weighted by Gasteiger charge is 2.22. The minimum atomic E-state index is 0.850. The second kappa shape index (κ2) is 10.4. The zero-order valence-corrected chi connectivity index (χ0v) is 26.9. The van der Waals surface area contributed by atoms with Crippen molar-refractivity contribution in [1.82, 2.24) is 4.57 Å². The summed E-state index contributed by atoms with van der Waals surface area (Å²) in [5.41, 5.74) is 10.0. The highest BCUT2D eigenvalue weighted by Crippen LogP contribution is 2.45. The van der Waals surface area contributed by atoms with E-state index in [-0.39, 0.29) is 0 Å². The van der Waals surface area contributed by atoms with Gasteiger partial charge in [-0.1, -0.05) is 97.1 Å². The Hall–Kier alpha value is -6.78. The van der Waals surface area contributed by atoms with Crippen molar-refractivity contribution < 1.29 is 8.83 Å². The summed E-state index contributed by atoms with van der Waals surface area (Å²) in [5, 5.41) is 9.02. The number of furan rings is 2. The molecule has 0 fully saturated rings. The Bertz CT molecular complexity index is 3110. The number of fused-ring (bicyclic) bond motifs is 11. The lowest BCUT2D eigenvalue weighted by Crippen LogP contribution is -2.10. The fourth-order valence-corrected chi connectivity index (χ4v) is 7.92. The van der Waals surface area contributed by atoms with Gasteiger partial charge in [-0.05, 0) is 78.2 Å². The van der Waals surface area contributed by atoms with E-state index < -0.39 is 0 Å². The minimum absolute atomic E-state index is 0.850. The van der Waals surface area contributed by atoms with Crippen molar-refractivity contribution in [2.45, 2.75) is 0 Å². The smallest absolute Gasteiger partial charge is 0.159 e. The Balaban J connectivity index is 1.21. The first kappa shape index (κ1) is 27.2. The third kappa shape index (κ3) is 3.87. The summed E-state index contributed by atoms with van der Waals surface area (Å²) in [6.45, 7) is 0. The van der Waals surface area contributed by atoms with Crippen LogP contribution in [-0.2, 0) is 0 Å². The first-order valence-electron chi connectivity index (χ1n) is 16.9. The van der Waals surface area contributed by atoms with Crippen LogP contribution in [-0.4, -0.2) is 4.57 Å². The molecule has 0 N–H and O–H groups in total. The van der Waals surface area contributed by atoms with Crippen LogP contribution in [0.5, 0.6) is 0 Å². The zero-order chi connectivity index (χ0) is 32.8. The van der Waals surface area contributed by atoms with Crippen LogP contribution in [0.2, 0.25) is 0 Å². The van der Waals surface area contributed by atoms with Crippen LogP contribution >= 0.6 is 0 Å². The molecular formula is C46H28N2O2. The van der Waals surface area contributed by atoms with Gasteiger partial charge < -0.3 is 18.3 Å². The molecule has 0 unspecified atom stereocenters. The van der Waals surface area contributed by atoms with Gasteiger partial charge in [-0.15, -0.1) is 0 Å². The van der Waals surface area contributed by atoms with E-state index >= 15 is 0 Å². The molecule has 8 aromatic carbocycles. The Morgan fingerprint density at radius 3 is 1.76 bits per heavy atom. The molecule has 0 atom stereocenters.